The fraction of sp³-hybridized carbons (Fsp3) is 0. The highest BCUT2D eigenvalue weighted by Crippen LogP contribution is 2.45. The predicted octanol–water partition coefficient (Wildman–Crippen LogP) is 13.5. The van der Waals surface area contributed by atoms with Gasteiger partial charge < -0.3 is 0 Å². The molecule has 9 aromatic rings. The van der Waals surface area contributed by atoms with Crippen LogP contribution in [0.15, 0.2) is 194 Å². The Hall–Kier alpha value is -6.24. The summed E-state index contributed by atoms with van der Waals surface area (Å²) in [5.74, 6) is 0. The van der Waals surface area contributed by atoms with E-state index in [2.05, 4.69) is 194 Å². The van der Waals surface area contributed by atoms with Gasteiger partial charge in [0.25, 0.3) is 0 Å². The Morgan fingerprint density at radius 1 is 0.188 bits per heavy atom. The van der Waals surface area contributed by atoms with Crippen molar-refractivity contribution in [3.63, 3.8) is 0 Å². The summed E-state index contributed by atoms with van der Waals surface area (Å²) in [6.45, 7) is 0. The maximum absolute atomic E-state index is 2.40. The second kappa shape index (κ2) is 11.8. The van der Waals surface area contributed by atoms with E-state index in [4.69, 9.17) is 0 Å². The molecule has 0 heteroatoms. The van der Waals surface area contributed by atoms with E-state index >= 15 is 0 Å². The Kier molecular flexibility index (Phi) is 6.91. The Morgan fingerprint density at radius 3 is 1.21 bits per heavy atom. The van der Waals surface area contributed by atoms with Gasteiger partial charge in [0.1, 0.15) is 0 Å². The molecule has 0 spiro atoms. The average Bonchev–Trinajstić information content (AvgIpc) is 3.17. The molecular formula is C48H32. The van der Waals surface area contributed by atoms with Crippen LogP contribution in [0, 0.1) is 0 Å². The predicted molar refractivity (Wildman–Crippen MR) is 206 cm³/mol. The Bertz CT molecular complexity index is 2560. The lowest BCUT2D eigenvalue weighted by molar-refractivity contribution is 1.60. The maximum atomic E-state index is 2.40. The third-order valence-electron chi connectivity index (χ3n) is 9.67. The van der Waals surface area contributed by atoms with Crippen LogP contribution in [0.1, 0.15) is 0 Å². The monoisotopic (exact) mass is 608 g/mol. The van der Waals surface area contributed by atoms with E-state index in [9.17, 15) is 0 Å². The van der Waals surface area contributed by atoms with Gasteiger partial charge in [-0.1, -0.05) is 182 Å². The van der Waals surface area contributed by atoms with E-state index in [0.717, 1.165) is 0 Å². The van der Waals surface area contributed by atoms with Crippen molar-refractivity contribution in [1.82, 2.24) is 0 Å². The molecule has 9 aromatic carbocycles. The van der Waals surface area contributed by atoms with Crippen LogP contribution >= 0.6 is 0 Å². The van der Waals surface area contributed by atoms with E-state index < -0.39 is 0 Å². The van der Waals surface area contributed by atoms with Crippen LogP contribution in [0.2, 0.25) is 0 Å². The second-order valence-corrected chi connectivity index (χ2v) is 12.5. The summed E-state index contributed by atoms with van der Waals surface area (Å²) in [6.07, 6.45) is 0. The number of hydrogen-bond acceptors (Lipinski definition) is 0. The van der Waals surface area contributed by atoms with E-state index in [1.54, 1.807) is 0 Å². The van der Waals surface area contributed by atoms with Crippen molar-refractivity contribution in [3.05, 3.63) is 194 Å². The third kappa shape index (κ3) is 4.96. The largest absolute Gasteiger partial charge is 0.0622 e. The van der Waals surface area contributed by atoms with Gasteiger partial charge in [-0.25, -0.2) is 0 Å². The molecule has 48 heavy (non-hydrogen) atoms. The molecule has 0 aromatic heterocycles. The van der Waals surface area contributed by atoms with Crippen molar-refractivity contribution < 1.29 is 0 Å². The number of benzene rings is 9. The molecule has 0 fully saturated rings. The summed E-state index contributed by atoms with van der Waals surface area (Å²) in [5, 5.41) is 7.59. The fourth-order valence-electron chi connectivity index (χ4n) is 7.27. The highest BCUT2D eigenvalue weighted by molar-refractivity contribution is 6.22. The quantitative estimate of drug-likeness (QED) is 0.171. The standard InChI is InChI=1S/C48H32/c1-3-11-33(12-4-1)35-23-26-39(27-24-35)47-43-17-9-10-18-44(43)48(38-14-5-2-6-15-38)46-32-42(29-30-45(46)47)37-21-19-36(20-22-37)41-28-25-34-13-7-8-16-40(34)31-41/h1-32H. The zero-order chi connectivity index (χ0) is 31.9. The van der Waals surface area contributed by atoms with E-state index in [0.29, 0.717) is 0 Å². The Balaban J connectivity index is 1.21. The molecule has 0 heterocycles. The zero-order valence-electron chi connectivity index (χ0n) is 26.5. The molecule has 0 radical (unpaired) electrons. The first-order valence-electron chi connectivity index (χ1n) is 16.6. The molecule has 9 rings (SSSR count). The lowest BCUT2D eigenvalue weighted by Gasteiger charge is -2.19. The van der Waals surface area contributed by atoms with Crippen LogP contribution in [-0.2, 0) is 0 Å². The first kappa shape index (κ1) is 28.0. The van der Waals surface area contributed by atoms with E-state index in [1.165, 1.54) is 88.0 Å². The summed E-state index contributed by atoms with van der Waals surface area (Å²) in [7, 11) is 0. The zero-order valence-corrected chi connectivity index (χ0v) is 26.5. The first-order chi connectivity index (χ1) is 23.8. The number of fused-ring (bicyclic) bond motifs is 3. The number of hydrogen-bond donors (Lipinski definition) is 0. The number of rotatable bonds is 5. The van der Waals surface area contributed by atoms with Crippen LogP contribution < -0.4 is 0 Å². The summed E-state index contributed by atoms with van der Waals surface area (Å²) in [6, 6.07) is 70.7. The van der Waals surface area contributed by atoms with Crippen LogP contribution in [-0.4, -0.2) is 0 Å². The summed E-state index contributed by atoms with van der Waals surface area (Å²) < 4.78 is 0. The van der Waals surface area contributed by atoms with Gasteiger partial charge in [-0.3, -0.25) is 0 Å². The molecule has 224 valence electrons. The molecule has 0 aliphatic heterocycles. The van der Waals surface area contributed by atoms with Crippen molar-refractivity contribution in [2.24, 2.45) is 0 Å². The fourth-order valence-corrected chi connectivity index (χ4v) is 7.27. The van der Waals surface area contributed by atoms with Crippen LogP contribution in [0.3, 0.4) is 0 Å². The van der Waals surface area contributed by atoms with Crippen molar-refractivity contribution in [2.75, 3.05) is 0 Å². The van der Waals surface area contributed by atoms with E-state index in [1.807, 2.05) is 0 Å². The highest BCUT2D eigenvalue weighted by atomic mass is 14.2. The molecule has 0 bridgehead atoms. The summed E-state index contributed by atoms with van der Waals surface area (Å²) in [4.78, 5) is 0. The van der Waals surface area contributed by atoms with Gasteiger partial charge in [0.2, 0.25) is 0 Å². The van der Waals surface area contributed by atoms with Crippen molar-refractivity contribution in [2.45, 2.75) is 0 Å². The molecule has 0 aliphatic rings. The van der Waals surface area contributed by atoms with Gasteiger partial charge in [-0.05, 0) is 100 Å². The molecule has 0 aliphatic carbocycles. The SMILES string of the molecule is c1ccc(-c2ccc(-c3c4ccccc4c(-c4ccccc4)c4cc(-c5ccc(-c6ccc7ccccc7c6)cc5)ccc34)cc2)cc1. The first-order valence-corrected chi connectivity index (χ1v) is 16.6. The normalized spacial score (nSPS) is 11.3. The smallest absolute Gasteiger partial charge is 0.00262 e. The van der Waals surface area contributed by atoms with Gasteiger partial charge in [-0.2, -0.15) is 0 Å². The van der Waals surface area contributed by atoms with Gasteiger partial charge in [-0.15, -0.1) is 0 Å². The summed E-state index contributed by atoms with van der Waals surface area (Å²) in [5.41, 5.74) is 12.3. The average molecular weight is 609 g/mol. The van der Waals surface area contributed by atoms with Gasteiger partial charge >= 0.3 is 0 Å². The van der Waals surface area contributed by atoms with Crippen LogP contribution in [0.25, 0.3) is 88.0 Å². The molecule has 0 nitrogen and oxygen atoms in total. The molecule has 0 atom stereocenters. The molecule has 0 unspecified atom stereocenters. The van der Waals surface area contributed by atoms with E-state index in [-0.39, 0.29) is 0 Å². The van der Waals surface area contributed by atoms with Crippen LogP contribution in [0.4, 0.5) is 0 Å². The molecule has 0 amide bonds. The maximum Gasteiger partial charge on any atom is -0.00262 e. The van der Waals surface area contributed by atoms with Gasteiger partial charge in [0.15, 0.2) is 0 Å². The third-order valence-corrected chi connectivity index (χ3v) is 9.67. The van der Waals surface area contributed by atoms with Crippen LogP contribution in [0.5, 0.6) is 0 Å². The minimum absolute atomic E-state index is 1.21. The van der Waals surface area contributed by atoms with Gasteiger partial charge in [0, 0.05) is 0 Å². The lowest BCUT2D eigenvalue weighted by atomic mass is 9.84. The minimum atomic E-state index is 1.21. The summed E-state index contributed by atoms with van der Waals surface area (Å²) >= 11 is 0. The van der Waals surface area contributed by atoms with Crippen molar-refractivity contribution in [3.8, 4) is 55.6 Å². The second-order valence-electron chi connectivity index (χ2n) is 12.5. The molecule has 0 saturated heterocycles. The molecule has 0 saturated carbocycles. The molecular weight excluding hydrogens is 577 g/mol. The molecule has 0 N–H and O–H groups in total. The highest BCUT2D eigenvalue weighted by Gasteiger charge is 2.17. The van der Waals surface area contributed by atoms with Gasteiger partial charge in [0.05, 0.1) is 0 Å². The lowest BCUT2D eigenvalue weighted by Crippen LogP contribution is -1.92. The Morgan fingerprint density at radius 2 is 0.562 bits per heavy atom. The van der Waals surface area contributed by atoms with Crippen molar-refractivity contribution >= 4 is 32.3 Å². The van der Waals surface area contributed by atoms with Crippen molar-refractivity contribution in [1.29, 1.82) is 0 Å². The minimum Gasteiger partial charge on any atom is -0.0622 e. The topological polar surface area (TPSA) is 0 Å². The Labute approximate surface area is 281 Å².